The molecule has 1 aliphatic heterocycles. The zero-order valence-electron chi connectivity index (χ0n) is 12.6. The molecule has 1 aromatic carbocycles. The highest BCUT2D eigenvalue weighted by molar-refractivity contribution is 6.31. The van der Waals surface area contributed by atoms with Gasteiger partial charge in [-0.1, -0.05) is 11.6 Å². The zero-order valence-corrected chi connectivity index (χ0v) is 14.2. The van der Waals surface area contributed by atoms with Crippen LogP contribution in [-0.4, -0.2) is 30.9 Å². The second-order valence-corrected chi connectivity index (χ2v) is 5.93. The molecule has 1 atom stereocenters. The molecule has 1 fully saturated rings. The van der Waals surface area contributed by atoms with Crippen molar-refractivity contribution in [3.8, 4) is 0 Å². The van der Waals surface area contributed by atoms with Crippen molar-refractivity contribution in [2.75, 3.05) is 18.4 Å². The summed E-state index contributed by atoms with van der Waals surface area (Å²) in [6, 6.07) is 4.90. The first-order valence-electron chi connectivity index (χ1n) is 7.09. The summed E-state index contributed by atoms with van der Waals surface area (Å²) in [5, 5.41) is 9.27. The minimum atomic E-state index is -0.221. The van der Waals surface area contributed by atoms with Crippen molar-refractivity contribution in [1.82, 2.24) is 10.6 Å². The van der Waals surface area contributed by atoms with Gasteiger partial charge < -0.3 is 16.0 Å². The molecule has 0 aromatic heterocycles. The van der Waals surface area contributed by atoms with Crippen LogP contribution in [0.3, 0.4) is 0 Å². The maximum absolute atomic E-state index is 12.2. The van der Waals surface area contributed by atoms with Gasteiger partial charge in [-0.2, -0.15) is 0 Å². The van der Waals surface area contributed by atoms with E-state index in [2.05, 4.69) is 16.0 Å². The Morgan fingerprint density at radius 1 is 1.36 bits per heavy atom. The van der Waals surface area contributed by atoms with Gasteiger partial charge in [0, 0.05) is 17.6 Å². The van der Waals surface area contributed by atoms with Crippen molar-refractivity contribution < 1.29 is 9.59 Å². The van der Waals surface area contributed by atoms with Gasteiger partial charge in [0.15, 0.2) is 0 Å². The van der Waals surface area contributed by atoms with Crippen LogP contribution < -0.4 is 16.0 Å². The van der Waals surface area contributed by atoms with E-state index in [0.717, 1.165) is 13.0 Å². The number of anilines is 1. The lowest BCUT2D eigenvalue weighted by Gasteiger charge is -2.15. The van der Waals surface area contributed by atoms with Crippen molar-refractivity contribution in [3.05, 3.63) is 28.8 Å². The summed E-state index contributed by atoms with van der Waals surface area (Å²) in [4.78, 5) is 24.4. The Kier molecular flexibility index (Phi) is 7.13. The van der Waals surface area contributed by atoms with Crippen LogP contribution in [0.25, 0.3) is 0 Å². The average molecular weight is 346 g/mol. The predicted molar refractivity (Wildman–Crippen MR) is 90.9 cm³/mol. The number of carbonyl (C=O) groups excluding carboxylic acids is 2. The predicted octanol–water partition coefficient (Wildman–Crippen LogP) is 2.45. The van der Waals surface area contributed by atoms with Crippen LogP contribution in [0.4, 0.5) is 5.69 Å². The van der Waals surface area contributed by atoms with E-state index < -0.39 is 0 Å². The molecular formula is C15H21Cl2N3O2. The molecule has 1 aliphatic rings. The molecule has 0 radical (unpaired) electrons. The van der Waals surface area contributed by atoms with Crippen LogP contribution in [0.1, 0.15) is 30.6 Å². The summed E-state index contributed by atoms with van der Waals surface area (Å²) >= 11 is 5.98. The number of carbonyl (C=O) groups is 2. The third-order valence-electron chi connectivity index (χ3n) is 3.33. The van der Waals surface area contributed by atoms with Gasteiger partial charge in [-0.05, 0) is 45.0 Å². The van der Waals surface area contributed by atoms with Crippen molar-refractivity contribution in [2.45, 2.75) is 26.3 Å². The van der Waals surface area contributed by atoms with E-state index in [0.29, 0.717) is 22.8 Å². The van der Waals surface area contributed by atoms with E-state index in [4.69, 9.17) is 11.6 Å². The lowest BCUT2D eigenvalue weighted by atomic mass is 10.1. The zero-order chi connectivity index (χ0) is 15.4. The number of rotatable bonds is 4. The summed E-state index contributed by atoms with van der Waals surface area (Å²) in [6.07, 6.45) is 0.805. The lowest BCUT2D eigenvalue weighted by Crippen LogP contribution is -2.32. The molecule has 0 aliphatic carbocycles. The SMILES string of the molecule is CC(C)NC(=O)c1ccc(Cl)cc1NC(=O)C1CCNC1.Cl. The Hall–Kier alpha value is -1.30. The molecule has 0 bridgehead atoms. The molecule has 2 rings (SSSR count). The molecule has 7 heteroatoms. The Morgan fingerprint density at radius 2 is 2.09 bits per heavy atom. The van der Waals surface area contributed by atoms with Gasteiger partial charge in [0.1, 0.15) is 0 Å². The molecule has 122 valence electrons. The fourth-order valence-corrected chi connectivity index (χ4v) is 2.44. The van der Waals surface area contributed by atoms with E-state index in [1.54, 1.807) is 18.2 Å². The van der Waals surface area contributed by atoms with E-state index in [1.807, 2.05) is 13.8 Å². The van der Waals surface area contributed by atoms with Crippen LogP contribution >= 0.6 is 24.0 Å². The lowest BCUT2D eigenvalue weighted by molar-refractivity contribution is -0.119. The first-order valence-corrected chi connectivity index (χ1v) is 7.47. The third-order valence-corrected chi connectivity index (χ3v) is 3.57. The summed E-state index contributed by atoms with van der Waals surface area (Å²) in [6.45, 7) is 5.28. The molecule has 1 unspecified atom stereocenters. The summed E-state index contributed by atoms with van der Waals surface area (Å²) in [5.41, 5.74) is 0.880. The summed E-state index contributed by atoms with van der Waals surface area (Å²) in [7, 11) is 0. The number of hydrogen-bond donors (Lipinski definition) is 3. The molecule has 2 amide bonds. The Bertz CT molecular complexity index is 544. The minimum Gasteiger partial charge on any atom is -0.350 e. The van der Waals surface area contributed by atoms with Crippen LogP contribution in [0.2, 0.25) is 5.02 Å². The Balaban J connectivity index is 0.00000242. The highest BCUT2D eigenvalue weighted by atomic mass is 35.5. The molecule has 3 N–H and O–H groups in total. The number of nitrogens with one attached hydrogen (secondary N) is 3. The quantitative estimate of drug-likeness (QED) is 0.784. The van der Waals surface area contributed by atoms with Gasteiger partial charge in [-0.3, -0.25) is 9.59 Å². The van der Waals surface area contributed by atoms with E-state index in [-0.39, 0.29) is 36.2 Å². The Labute approximate surface area is 141 Å². The largest absolute Gasteiger partial charge is 0.350 e. The normalized spacial score (nSPS) is 17.0. The minimum absolute atomic E-state index is 0. The van der Waals surface area contributed by atoms with Crippen molar-refractivity contribution in [1.29, 1.82) is 0 Å². The third kappa shape index (κ3) is 4.87. The molecule has 1 heterocycles. The maximum atomic E-state index is 12.2. The number of hydrogen-bond acceptors (Lipinski definition) is 3. The summed E-state index contributed by atoms with van der Waals surface area (Å²) < 4.78 is 0. The number of amides is 2. The van der Waals surface area contributed by atoms with Crippen LogP contribution in [0.5, 0.6) is 0 Å². The first-order chi connectivity index (χ1) is 9.97. The van der Waals surface area contributed by atoms with E-state index in [9.17, 15) is 9.59 Å². The number of benzene rings is 1. The monoisotopic (exact) mass is 345 g/mol. The standard InChI is InChI=1S/C15H20ClN3O2.ClH/c1-9(2)18-15(21)12-4-3-11(16)7-13(12)19-14(20)10-5-6-17-8-10;/h3-4,7,9-10,17H,5-6,8H2,1-2H3,(H,18,21)(H,19,20);1H. The van der Waals surface area contributed by atoms with E-state index in [1.165, 1.54) is 0 Å². The van der Waals surface area contributed by atoms with Crippen molar-refractivity contribution >= 4 is 41.5 Å². The molecule has 1 saturated heterocycles. The average Bonchev–Trinajstić information content (AvgIpc) is 2.91. The molecule has 1 aromatic rings. The first kappa shape index (κ1) is 18.7. The fourth-order valence-electron chi connectivity index (χ4n) is 2.27. The van der Waals surface area contributed by atoms with Gasteiger partial charge in [0.2, 0.25) is 5.91 Å². The Morgan fingerprint density at radius 3 is 2.68 bits per heavy atom. The van der Waals surface area contributed by atoms with Crippen molar-refractivity contribution in [2.24, 2.45) is 5.92 Å². The van der Waals surface area contributed by atoms with Gasteiger partial charge in [0.25, 0.3) is 5.91 Å². The van der Waals surface area contributed by atoms with E-state index >= 15 is 0 Å². The molecular weight excluding hydrogens is 325 g/mol. The van der Waals surface area contributed by atoms with Gasteiger partial charge in [-0.15, -0.1) is 12.4 Å². The van der Waals surface area contributed by atoms with Gasteiger partial charge in [0.05, 0.1) is 17.2 Å². The molecule has 0 spiro atoms. The van der Waals surface area contributed by atoms with Gasteiger partial charge >= 0.3 is 0 Å². The van der Waals surface area contributed by atoms with Gasteiger partial charge in [-0.25, -0.2) is 0 Å². The second kappa shape index (κ2) is 8.36. The van der Waals surface area contributed by atoms with Crippen molar-refractivity contribution in [3.63, 3.8) is 0 Å². The second-order valence-electron chi connectivity index (χ2n) is 5.50. The molecule has 22 heavy (non-hydrogen) atoms. The number of halogens is 2. The maximum Gasteiger partial charge on any atom is 0.253 e. The molecule has 0 saturated carbocycles. The molecule has 5 nitrogen and oxygen atoms in total. The summed E-state index contributed by atoms with van der Waals surface area (Å²) in [5.74, 6) is -0.368. The van der Waals surface area contributed by atoms with Crippen LogP contribution in [0, 0.1) is 5.92 Å². The highest BCUT2D eigenvalue weighted by Gasteiger charge is 2.24. The topological polar surface area (TPSA) is 70.2 Å². The van der Waals surface area contributed by atoms with Crippen LogP contribution in [0.15, 0.2) is 18.2 Å². The fraction of sp³-hybridized carbons (Fsp3) is 0.467. The smallest absolute Gasteiger partial charge is 0.253 e. The highest BCUT2D eigenvalue weighted by Crippen LogP contribution is 2.22. The van der Waals surface area contributed by atoms with Crippen LogP contribution in [-0.2, 0) is 4.79 Å².